The van der Waals surface area contributed by atoms with Gasteiger partial charge in [-0.05, 0) is 25.1 Å². The number of halogens is 3. The zero-order valence-electron chi connectivity index (χ0n) is 9.95. The molecule has 1 aromatic heterocycles. The monoisotopic (exact) mass is 317 g/mol. The quantitative estimate of drug-likeness (QED) is 0.866. The number of anilines is 1. The predicted octanol–water partition coefficient (Wildman–Crippen LogP) is 4.12. The molecule has 0 saturated heterocycles. The fraction of sp³-hybridized carbons (Fsp3) is 0.167. The molecule has 1 aromatic carbocycles. The average molecular weight is 319 g/mol. The zero-order valence-corrected chi connectivity index (χ0v) is 12.2. The number of hydrogen-bond donors (Lipinski definition) is 1. The summed E-state index contributed by atoms with van der Waals surface area (Å²) >= 11 is 17.7. The smallest absolute Gasteiger partial charge is 0.273 e. The number of aryl methyl sites for hydroxylation is 1. The highest BCUT2D eigenvalue weighted by molar-refractivity contribution is 6.44. The maximum Gasteiger partial charge on any atom is 0.273 e. The van der Waals surface area contributed by atoms with Gasteiger partial charge in [0.05, 0.1) is 20.8 Å². The highest BCUT2D eigenvalue weighted by Gasteiger charge is 2.14. The Morgan fingerprint density at radius 3 is 2.63 bits per heavy atom. The largest absolute Gasteiger partial charge is 0.319 e. The van der Waals surface area contributed by atoms with Crippen LogP contribution in [0.4, 0.5) is 5.69 Å². The van der Waals surface area contributed by atoms with Gasteiger partial charge in [-0.1, -0.05) is 34.8 Å². The van der Waals surface area contributed by atoms with Crippen LogP contribution in [-0.4, -0.2) is 15.7 Å². The van der Waals surface area contributed by atoms with Crippen LogP contribution < -0.4 is 5.32 Å². The van der Waals surface area contributed by atoms with Crippen LogP contribution in [0.3, 0.4) is 0 Å². The van der Waals surface area contributed by atoms with E-state index in [9.17, 15) is 4.79 Å². The molecule has 0 fully saturated rings. The molecule has 2 aromatic rings. The Labute approximate surface area is 125 Å². The molecule has 0 aliphatic rings. The fourth-order valence-electron chi connectivity index (χ4n) is 1.58. The molecular weight excluding hydrogens is 309 g/mol. The Bertz CT molecular complexity index is 625. The van der Waals surface area contributed by atoms with Crippen LogP contribution in [0.5, 0.6) is 0 Å². The molecule has 19 heavy (non-hydrogen) atoms. The van der Waals surface area contributed by atoms with Gasteiger partial charge < -0.3 is 5.32 Å². The van der Waals surface area contributed by atoms with Crippen molar-refractivity contribution in [3.05, 3.63) is 45.2 Å². The summed E-state index contributed by atoms with van der Waals surface area (Å²) in [6.07, 6.45) is 1.56. The molecule has 1 amide bonds. The molecule has 0 spiro atoms. The number of hydrogen-bond acceptors (Lipinski definition) is 2. The molecular formula is C12H10Cl3N3O. The summed E-state index contributed by atoms with van der Waals surface area (Å²) in [5.41, 5.74) is 0.856. The second-order valence-electron chi connectivity index (χ2n) is 3.73. The molecule has 1 N–H and O–H groups in total. The van der Waals surface area contributed by atoms with E-state index in [2.05, 4.69) is 10.4 Å². The van der Waals surface area contributed by atoms with Gasteiger partial charge in [0.1, 0.15) is 5.69 Å². The lowest BCUT2D eigenvalue weighted by atomic mass is 10.3. The molecule has 0 atom stereocenters. The van der Waals surface area contributed by atoms with Crippen LogP contribution in [0.25, 0.3) is 0 Å². The maximum absolute atomic E-state index is 12.1. The average Bonchev–Trinajstić information content (AvgIpc) is 2.84. The number of carbonyl (C=O) groups is 1. The summed E-state index contributed by atoms with van der Waals surface area (Å²) < 4.78 is 1.58. The van der Waals surface area contributed by atoms with Crippen LogP contribution in [0.15, 0.2) is 24.4 Å². The van der Waals surface area contributed by atoms with E-state index in [4.69, 9.17) is 34.8 Å². The second-order valence-corrected chi connectivity index (χ2v) is 4.95. The van der Waals surface area contributed by atoms with Crippen molar-refractivity contribution in [2.45, 2.75) is 13.5 Å². The minimum atomic E-state index is -0.306. The molecule has 0 saturated carbocycles. The van der Waals surface area contributed by atoms with Crippen molar-refractivity contribution in [2.24, 2.45) is 0 Å². The number of rotatable bonds is 3. The SMILES string of the molecule is CCn1nccc1C(=O)Nc1cc(Cl)c(Cl)cc1Cl. The van der Waals surface area contributed by atoms with Crippen LogP contribution in [0.2, 0.25) is 15.1 Å². The first-order valence-electron chi connectivity index (χ1n) is 5.50. The van der Waals surface area contributed by atoms with Crippen LogP contribution in [0.1, 0.15) is 17.4 Å². The normalized spacial score (nSPS) is 10.5. The molecule has 0 aliphatic heterocycles. The van der Waals surface area contributed by atoms with Gasteiger partial charge in [0.15, 0.2) is 0 Å². The van der Waals surface area contributed by atoms with Gasteiger partial charge in [0.2, 0.25) is 0 Å². The number of carbonyl (C=O) groups excluding carboxylic acids is 1. The third-order valence-corrected chi connectivity index (χ3v) is 3.54. The van der Waals surface area contributed by atoms with Crippen molar-refractivity contribution in [3.63, 3.8) is 0 Å². The van der Waals surface area contributed by atoms with E-state index in [0.717, 1.165) is 0 Å². The number of benzene rings is 1. The number of nitrogens with one attached hydrogen (secondary N) is 1. The summed E-state index contributed by atoms with van der Waals surface area (Å²) in [5.74, 6) is -0.306. The van der Waals surface area contributed by atoms with E-state index in [-0.39, 0.29) is 5.91 Å². The van der Waals surface area contributed by atoms with Gasteiger partial charge in [0, 0.05) is 12.7 Å². The standard InChI is InChI=1S/C12H10Cl3N3O/c1-2-18-11(3-4-16-18)12(19)17-10-6-8(14)7(13)5-9(10)15/h3-6H,2H2,1H3,(H,17,19). The lowest BCUT2D eigenvalue weighted by molar-refractivity contribution is 0.101. The Morgan fingerprint density at radius 2 is 1.95 bits per heavy atom. The third-order valence-electron chi connectivity index (χ3n) is 2.51. The van der Waals surface area contributed by atoms with E-state index < -0.39 is 0 Å². The zero-order chi connectivity index (χ0) is 14.0. The van der Waals surface area contributed by atoms with Crippen LogP contribution in [0, 0.1) is 0 Å². The first-order valence-corrected chi connectivity index (χ1v) is 6.64. The van der Waals surface area contributed by atoms with Crippen molar-refractivity contribution >= 4 is 46.4 Å². The molecule has 0 radical (unpaired) electrons. The Balaban J connectivity index is 2.27. The fourth-order valence-corrected chi connectivity index (χ4v) is 2.18. The van der Waals surface area contributed by atoms with Gasteiger partial charge in [0.25, 0.3) is 5.91 Å². The van der Waals surface area contributed by atoms with E-state index in [1.807, 2.05) is 6.92 Å². The molecule has 4 nitrogen and oxygen atoms in total. The van der Waals surface area contributed by atoms with Gasteiger partial charge in [-0.15, -0.1) is 0 Å². The lowest BCUT2D eigenvalue weighted by Gasteiger charge is -2.09. The van der Waals surface area contributed by atoms with E-state index >= 15 is 0 Å². The highest BCUT2D eigenvalue weighted by atomic mass is 35.5. The number of amides is 1. The second kappa shape index (κ2) is 5.82. The highest BCUT2D eigenvalue weighted by Crippen LogP contribution is 2.32. The van der Waals surface area contributed by atoms with Crippen LogP contribution >= 0.6 is 34.8 Å². The number of aromatic nitrogens is 2. The molecule has 2 rings (SSSR count). The molecule has 0 aliphatic carbocycles. The minimum Gasteiger partial charge on any atom is -0.319 e. The topological polar surface area (TPSA) is 46.9 Å². The van der Waals surface area contributed by atoms with Crippen molar-refractivity contribution in [1.29, 1.82) is 0 Å². The van der Waals surface area contributed by atoms with Crippen molar-refractivity contribution in [3.8, 4) is 0 Å². The first-order chi connectivity index (χ1) is 9.02. The van der Waals surface area contributed by atoms with E-state index in [1.54, 1.807) is 16.9 Å². The van der Waals surface area contributed by atoms with Crippen molar-refractivity contribution in [1.82, 2.24) is 9.78 Å². The van der Waals surface area contributed by atoms with E-state index in [0.29, 0.717) is 33.0 Å². The Morgan fingerprint density at radius 1 is 1.26 bits per heavy atom. The summed E-state index contributed by atoms with van der Waals surface area (Å²) in [5, 5.41) is 7.69. The molecule has 0 unspecified atom stereocenters. The van der Waals surface area contributed by atoms with E-state index in [1.165, 1.54) is 12.1 Å². The number of nitrogens with zero attached hydrogens (tertiary/aromatic N) is 2. The molecule has 1 heterocycles. The molecule has 100 valence electrons. The first kappa shape index (κ1) is 14.2. The van der Waals surface area contributed by atoms with Crippen LogP contribution in [-0.2, 0) is 6.54 Å². The Hall–Kier alpha value is -1.23. The van der Waals surface area contributed by atoms with Gasteiger partial charge in [-0.2, -0.15) is 5.10 Å². The van der Waals surface area contributed by atoms with Gasteiger partial charge in [-0.25, -0.2) is 0 Å². The summed E-state index contributed by atoms with van der Waals surface area (Å²) in [7, 11) is 0. The Kier molecular flexibility index (Phi) is 4.34. The molecule has 7 heteroatoms. The van der Waals surface area contributed by atoms with Crippen molar-refractivity contribution < 1.29 is 4.79 Å². The summed E-state index contributed by atoms with van der Waals surface area (Å²) in [6.45, 7) is 2.50. The minimum absolute atomic E-state index is 0.306. The lowest BCUT2D eigenvalue weighted by Crippen LogP contribution is -2.17. The third kappa shape index (κ3) is 3.03. The summed E-state index contributed by atoms with van der Waals surface area (Å²) in [6, 6.07) is 4.62. The molecule has 0 bridgehead atoms. The van der Waals surface area contributed by atoms with Gasteiger partial charge in [-0.3, -0.25) is 9.48 Å². The predicted molar refractivity (Wildman–Crippen MR) is 77.3 cm³/mol. The maximum atomic E-state index is 12.1. The van der Waals surface area contributed by atoms with Gasteiger partial charge >= 0.3 is 0 Å². The van der Waals surface area contributed by atoms with Crippen molar-refractivity contribution in [2.75, 3.05) is 5.32 Å². The summed E-state index contributed by atoms with van der Waals surface area (Å²) in [4.78, 5) is 12.1.